The van der Waals surface area contributed by atoms with Crippen LogP contribution in [-0.4, -0.2) is 15.4 Å². The molecule has 2 rings (SSSR count). The van der Waals surface area contributed by atoms with Gasteiger partial charge in [0.25, 0.3) is 11.6 Å². The summed E-state index contributed by atoms with van der Waals surface area (Å²) in [6.45, 7) is 0. The van der Waals surface area contributed by atoms with Gasteiger partial charge in [0.05, 0.1) is 4.92 Å². The van der Waals surface area contributed by atoms with Crippen LogP contribution in [0, 0.1) is 10.1 Å². The molecule has 0 unspecified atom stereocenters. The molecule has 0 spiro atoms. The number of non-ortho nitro benzene ring substituents is 1. The van der Waals surface area contributed by atoms with Gasteiger partial charge in [-0.15, -0.1) is 0 Å². The molecule has 1 amide bonds. The highest BCUT2D eigenvalue weighted by atomic mass is 16.6. The fourth-order valence-electron chi connectivity index (χ4n) is 1.53. The molecular weight excluding hydrogens is 222 g/mol. The minimum absolute atomic E-state index is 0.0163. The molecule has 1 aromatic heterocycles. The molecule has 2 aromatic rings. The van der Waals surface area contributed by atoms with Crippen molar-refractivity contribution in [3.63, 3.8) is 0 Å². The Bertz CT molecular complexity index is 592. The smallest absolute Gasteiger partial charge is 0.269 e. The Morgan fingerprint density at radius 2 is 2.06 bits per heavy atom. The van der Waals surface area contributed by atoms with Crippen LogP contribution < -0.4 is 5.73 Å². The van der Waals surface area contributed by atoms with Gasteiger partial charge in [-0.25, -0.2) is 0 Å². The summed E-state index contributed by atoms with van der Waals surface area (Å²) in [5.74, 6) is -0.543. The van der Waals surface area contributed by atoms with E-state index < -0.39 is 10.8 Å². The van der Waals surface area contributed by atoms with Crippen LogP contribution in [0.2, 0.25) is 1.41 Å². The van der Waals surface area contributed by atoms with Gasteiger partial charge in [0.1, 0.15) is 5.69 Å². The molecule has 0 aliphatic carbocycles. The third-order valence-corrected chi connectivity index (χ3v) is 2.32. The number of hydrogen-bond acceptors (Lipinski definition) is 3. The molecule has 1 heterocycles. The Kier molecular flexibility index (Phi) is 2.31. The fraction of sp³-hybridized carbons (Fsp3) is 0. The number of carbonyl (C=O) groups excluding carboxylic acids is 1. The molecule has 0 bridgehead atoms. The van der Waals surface area contributed by atoms with E-state index in [4.69, 9.17) is 1.41 Å². The predicted molar refractivity (Wildman–Crippen MR) is 60.9 cm³/mol. The second-order valence-corrected chi connectivity index (χ2v) is 3.37. The standard InChI is InChI=1S/C11H9N3O3/c12-11(15)10-2-1-7-13(10)8-3-5-9(6-4-8)14(16)17/h1-7H,(H2,12,15)/i/hD. The van der Waals surface area contributed by atoms with E-state index in [1.807, 2.05) is 0 Å². The maximum Gasteiger partial charge on any atom is 0.269 e. The molecule has 0 radical (unpaired) electrons. The van der Waals surface area contributed by atoms with Gasteiger partial charge in [-0.2, -0.15) is 0 Å². The Balaban J connectivity index is 2.40. The monoisotopic (exact) mass is 232 g/mol. The van der Waals surface area contributed by atoms with Crippen molar-refractivity contribution in [2.75, 3.05) is 0 Å². The average Bonchev–Trinajstić information content (AvgIpc) is 2.87. The van der Waals surface area contributed by atoms with Crippen LogP contribution >= 0.6 is 0 Å². The summed E-state index contributed by atoms with van der Waals surface area (Å²) >= 11 is 0. The van der Waals surface area contributed by atoms with Crippen LogP contribution in [0.5, 0.6) is 0 Å². The molecule has 6 nitrogen and oxygen atoms in total. The van der Waals surface area contributed by atoms with Crippen molar-refractivity contribution in [2.45, 2.75) is 0 Å². The number of rotatable bonds is 3. The van der Waals surface area contributed by atoms with Crippen molar-refractivity contribution < 1.29 is 11.1 Å². The van der Waals surface area contributed by atoms with Gasteiger partial charge in [-0.1, -0.05) is 0 Å². The summed E-state index contributed by atoms with van der Waals surface area (Å²) in [7, 11) is 0. The number of amides is 1. The van der Waals surface area contributed by atoms with E-state index in [0.29, 0.717) is 11.4 Å². The summed E-state index contributed by atoms with van der Waals surface area (Å²) in [4.78, 5) is 21.5. The van der Waals surface area contributed by atoms with Crippen LogP contribution in [0.4, 0.5) is 5.69 Å². The second kappa shape index (κ2) is 4.09. The third-order valence-electron chi connectivity index (χ3n) is 2.32. The fourth-order valence-corrected chi connectivity index (χ4v) is 1.53. The van der Waals surface area contributed by atoms with Gasteiger partial charge in [0.2, 0.25) is 0 Å². The van der Waals surface area contributed by atoms with E-state index >= 15 is 0 Å². The third kappa shape index (κ3) is 2.00. The number of carbonyl (C=O) groups is 1. The van der Waals surface area contributed by atoms with Gasteiger partial charge in [-0.05, 0) is 24.3 Å². The Morgan fingerprint density at radius 1 is 1.35 bits per heavy atom. The minimum Gasteiger partial charge on any atom is -0.364 e. The first-order chi connectivity index (χ1) is 8.63. The highest BCUT2D eigenvalue weighted by Gasteiger charge is 2.09. The molecular formula is C11H9N3O3. The normalized spacial score (nSPS) is 10.7. The number of nitrogens with two attached hydrogens (primary N) is 1. The molecule has 0 atom stereocenters. The van der Waals surface area contributed by atoms with Crippen LogP contribution in [0.25, 0.3) is 5.69 Å². The first-order valence-electron chi connectivity index (χ1n) is 5.28. The van der Waals surface area contributed by atoms with Gasteiger partial charge >= 0.3 is 0 Å². The van der Waals surface area contributed by atoms with E-state index in [9.17, 15) is 14.9 Å². The zero-order valence-corrected chi connectivity index (χ0v) is 8.66. The van der Waals surface area contributed by atoms with E-state index in [1.54, 1.807) is 40.8 Å². The topological polar surface area (TPSA) is 91.2 Å². The van der Waals surface area contributed by atoms with Crippen LogP contribution in [-0.2, 0) is 0 Å². The SMILES string of the molecule is [2H]NC(=O)c1cccn1-c1ccc([N+](=O)[O-])cc1. The molecule has 0 saturated heterocycles. The second-order valence-electron chi connectivity index (χ2n) is 3.37. The summed E-state index contributed by atoms with van der Waals surface area (Å²) in [6.07, 6.45) is 1.64. The summed E-state index contributed by atoms with van der Waals surface area (Å²) in [5, 5.41) is 10.5. The maximum atomic E-state index is 11.4. The van der Waals surface area contributed by atoms with Gasteiger partial charge in [-0.3, -0.25) is 14.9 Å². The number of benzene rings is 1. The first-order valence-corrected chi connectivity index (χ1v) is 4.78. The summed E-state index contributed by atoms with van der Waals surface area (Å²) in [6, 6.07) is 9.02. The Hall–Kier alpha value is -2.63. The van der Waals surface area contributed by atoms with Crippen molar-refractivity contribution in [3.05, 3.63) is 58.4 Å². The first kappa shape index (κ1) is 9.59. The van der Waals surface area contributed by atoms with Gasteiger partial charge in [0, 0.05) is 24.0 Å². The lowest BCUT2D eigenvalue weighted by Crippen LogP contribution is -2.15. The lowest BCUT2D eigenvalue weighted by Gasteiger charge is -2.05. The van der Waals surface area contributed by atoms with Crippen molar-refractivity contribution in [3.8, 4) is 5.69 Å². The van der Waals surface area contributed by atoms with E-state index in [0.717, 1.165) is 0 Å². The number of nitro groups is 1. The molecule has 0 saturated carbocycles. The molecule has 0 aliphatic rings. The largest absolute Gasteiger partial charge is 0.364 e. The van der Waals surface area contributed by atoms with Crippen LogP contribution in [0.3, 0.4) is 0 Å². The zero-order chi connectivity index (χ0) is 13.1. The van der Waals surface area contributed by atoms with Gasteiger partial charge < -0.3 is 10.3 Å². The number of nitro benzene ring substituents is 1. The average molecular weight is 232 g/mol. The lowest BCUT2D eigenvalue weighted by molar-refractivity contribution is -0.384. The molecule has 86 valence electrons. The highest BCUT2D eigenvalue weighted by molar-refractivity contribution is 5.91. The summed E-state index contributed by atoms with van der Waals surface area (Å²) in [5.41, 5.74) is 2.68. The number of aromatic nitrogens is 1. The number of hydrogen-bond donors (Lipinski definition) is 1. The number of primary amides is 1. The quantitative estimate of drug-likeness (QED) is 0.641. The highest BCUT2D eigenvalue weighted by Crippen LogP contribution is 2.17. The van der Waals surface area contributed by atoms with Crippen molar-refractivity contribution in [2.24, 2.45) is 5.73 Å². The predicted octanol–water partition coefficient (Wildman–Crippen LogP) is 1.48. The molecule has 0 fully saturated rings. The van der Waals surface area contributed by atoms with E-state index in [2.05, 4.69) is 0 Å². The minimum atomic E-state index is -0.543. The van der Waals surface area contributed by atoms with E-state index in [-0.39, 0.29) is 5.69 Å². The molecule has 0 aliphatic heterocycles. The van der Waals surface area contributed by atoms with Gasteiger partial charge in [0.15, 0.2) is 1.41 Å². The zero-order valence-electron chi connectivity index (χ0n) is 9.66. The van der Waals surface area contributed by atoms with Crippen LogP contribution in [0.15, 0.2) is 42.6 Å². The molecule has 17 heavy (non-hydrogen) atoms. The van der Waals surface area contributed by atoms with Crippen molar-refractivity contribution in [1.82, 2.24) is 4.57 Å². The Labute approximate surface area is 97.9 Å². The van der Waals surface area contributed by atoms with Crippen molar-refractivity contribution >= 4 is 11.6 Å². The van der Waals surface area contributed by atoms with Crippen molar-refractivity contribution in [1.29, 1.82) is 0 Å². The molecule has 2 N–H and O–H groups in total. The van der Waals surface area contributed by atoms with E-state index in [1.165, 1.54) is 12.1 Å². The number of nitrogens with zero attached hydrogens (tertiary/aromatic N) is 2. The van der Waals surface area contributed by atoms with Crippen LogP contribution in [0.1, 0.15) is 10.5 Å². The maximum absolute atomic E-state index is 11.4. The molecule has 6 heteroatoms. The Morgan fingerprint density at radius 3 is 2.65 bits per heavy atom. The summed E-state index contributed by atoms with van der Waals surface area (Å²) < 4.78 is 8.38. The molecule has 1 aromatic carbocycles. The lowest BCUT2D eigenvalue weighted by atomic mass is 10.2.